The molecule has 1 N–H and O–H groups in total. The van der Waals surface area contributed by atoms with E-state index in [1.807, 2.05) is 32.6 Å². The van der Waals surface area contributed by atoms with Crippen LogP contribution in [0.15, 0.2) is 24.3 Å². The Labute approximate surface area is 157 Å². The van der Waals surface area contributed by atoms with Crippen LogP contribution in [0.1, 0.15) is 43.6 Å². The van der Waals surface area contributed by atoms with Crippen LogP contribution in [0.3, 0.4) is 0 Å². The topological polar surface area (TPSA) is 52.7 Å². The number of amides is 2. The third-order valence-electron chi connectivity index (χ3n) is 4.46. The van der Waals surface area contributed by atoms with Crippen molar-refractivity contribution in [2.45, 2.75) is 45.5 Å². The van der Waals surface area contributed by atoms with Gasteiger partial charge in [-0.05, 0) is 45.9 Å². The second kappa shape index (κ2) is 7.88. The third-order valence-corrected chi connectivity index (χ3v) is 4.46. The van der Waals surface area contributed by atoms with E-state index in [1.54, 1.807) is 0 Å². The fourth-order valence-corrected chi connectivity index (χ4v) is 2.96. The van der Waals surface area contributed by atoms with Gasteiger partial charge in [0.05, 0.1) is 11.6 Å². The van der Waals surface area contributed by atoms with E-state index in [1.165, 1.54) is 17.0 Å². The van der Waals surface area contributed by atoms with Crippen LogP contribution in [0, 0.1) is 0 Å². The van der Waals surface area contributed by atoms with Crippen molar-refractivity contribution in [3.63, 3.8) is 0 Å². The first kappa shape index (κ1) is 21.2. The molecule has 2 rings (SSSR count). The summed E-state index contributed by atoms with van der Waals surface area (Å²) < 4.78 is 38.5. The molecule has 150 valence electrons. The molecule has 5 nitrogen and oxygen atoms in total. The Morgan fingerprint density at radius 1 is 1.07 bits per heavy atom. The number of hydrogen-bond acceptors (Lipinski definition) is 3. The average Bonchev–Trinajstić information content (AvgIpc) is 2.58. The Balaban J connectivity index is 1.97. The summed E-state index contributed by atoms with van der Waals surface area (Å²) >= 11 is 0. The summed E-state index contributed by atoms with van der Waals surface area (Å²) in [5, 5.41) is 2.93. The van der Waals surface area contributed by atoms with Crippen molar-refractivity contribution in [1.82, 2.24) is 15.1 Å². The van der Waals surface area contributed by atoms with Gasteiger partial charge in [-0.25, -0.2) is 0 Å². The second-order valence-corrected chi connectivity index (χ2v) is 7.82. The maximum Gasteiger partial charge on any atom is 0.416 e. The molecule has 27 heavy (non-hydrogen) atoms. The molecule has 1 aliphatic rings. The summed E-state index contributed by atoms with van der Waals surface area (Å²) in [4.78, 5) is 28.3. The minimum atomic E-state index is -4.48. The number of hydrogen-bond donors (Lipinski definition) is 1. The number of halogens is 3. The van der Waals surface area contributed by atoms with Gasteiger partial charge in [0.2, 0.25) is 5.91 Å². The zero-order valence-corrected chi connectivity index (χ0v) is 16.1. The first-order valence-electron chi connectivity index (χ1n) is 8.91. The smallest absolute Gasteiger partial charge is 0.350 e. The third kappa shape index (κ3) is 5.69. The summed E-state index contributed by atoms with van der Waals surface area (Å²) in [6.45, 7) is 9.23. The number of alkyl halides is 3. The second-order valence-electron chi connectivity index (χ2n) is 7.82. The number of carbonyl (C=O) groups excluding carboxylic acids is 2. The molecular formula is C19H26F3N3O2. The number of piperazine rings is 1. The molecule has 0 unspecified atom stereocenters. The highest BCUT2D eigenvalue weighted by atomic mass is 19.4. The van der Waals surface area contributed by atoms with Gasteiger partial charge >= 0.3 is 6.18 Å². The lowest BCUT2D eigenvalue weighted by Crippen LogP contribution is -2.56. The lowest BCUT2D eigenvalue weighted by atomic mass is 10.1. The van der Waals surface area contributed by atoms with Crippen molar-refractivity contribution in [1.29, 1.82) is 0 Å². The van der Waals surface area contributed by atoms with Crippen LogP contribution in [0.25, 0.3) is 0 Å². The maximum atomic E-state index is 12.8. The van der Waals surface area contributed by atoms with Crippen molar-refractivity contribution in [2.24, 2.45) is 0 Å². The largest absolute Gasteiger partial charge is 0.416 e. The zero-order valence-electron chi connectivity index (χ0n) is 16.1. The van der Waals surface area contributed by atoms with Crippen LogP contribution in [-0.4, -0.2) is 59.4 Å². The van der Waals surface area contributed by atoms with Crippen LogP contribution >= 0.6 is 0 Å². The number of benzene rings is 1. The van der Waals surface area contributed by atoms with Crippen molar-refractivity contribution in [3.8, 4) is 0 Å². The zero-order chi connectivity index (χ0) is 20.4. The Kier molecular flexibility index (Phi) is 6.19. The predicted molar refractivity (Wildman–Crippen MR) is 96.3 cm³/mol. The summed E-state index contributed by atoms with van der Waals surface area (Å²) in [6, 6.07) is 4.13. The normalized spacial score (nSPS) is 17.5. The van der Waals surface area contributed by atoms with Gasteiger partial charge in [-0.2, -0.15) is 13.2 Å². The van der Waals surface area contributed by atoms with Crippen LogP contribution < -0.4 is 5.32 Å². The molecule has 1 aliphatic heterocycles. The molecule has 0 aromatic heterocycles. The molecule has 1 atom stereocenters. The molecule has 0 bridgehead atoms. The average molecular weight is 385 g/mol. The van der Waals surface area contributed by atoms with Gasteiger partial charge in [-0.3, -0.25) is 14.5 Å². The highest BCUT2D eigenvalue weighted by molar-refractivity contribution is 5.94. The maximum absolute atomic E-state index is 12.8. The number of nitrogens with zero attached hydrogens (tertiary/aromatic N) is 2. The Hall–Kier alpha value is -2.09. The molecule has 1 aromatic carbocycles. The van der Waals surface area contributed by atoms with Gasteiger partial charge in [0.1, 0.15) is 0 Å². The van der Waals surface area contributed by atoms with Crippen molar-refractivity contribution < 1.29 is 22.8 Å². The molecule has 0 saturated carbocycles. The van der Waals surface area contributed by atoms with E-state index >= 15 is 0 Å². The van der Waals surface area contributed by atoms with Crippen molar-refractivity contribution in [3.05, 3.63) is 35.4 Å². The molecule has 0 spiro atoms. The molecular weight excluding hydrogens is 359 g/mol. The molecule has 0 aliphatic carbocycles. The van der Waals surface area contributed by atoms with Crippen LogP contribution in [0.4, 0.5) is 13.2 Å². The van der Waals surface area contributed by atoms with Gasteiger partial charge in [0, 0.05) is 37.3 Å². The molecule has 1 heterocycles. The summed E-state index contributed by atoms with van der Waals surface area (Å²) in [7, 11) is 0. The fourth-order valence-electron chi connectivity index (χ4n) is 2.96. The van der Waals surface area contributed by atoms with E-state index < -0.39 is 17.6 Å². The Morgan fingerprint density at radius 2 is 1.67 bits per heavy atom. The van der Waals surface area contributed by atoms with E-state index in [4.69, 9.17) is 0 Å². The number of rotatable bonds is 3. The van der Waals surface area contributed by atoms with Crippen molar-refractivity contribution in [2.75, 3.05) is 26.2 Å². The highest BCUT2D eigenvalue weighted by Gasteiger charge is 2.32. The SMILES string of the molecule is C[C@H](C(=O)NC(C)(C)C)N1CCN(C(=O)c2cccc(C(F)(F)F)c2)CC1. The van der Waals surface area contributed by atoms with E-state index in [-0.39, 0.29) is 23.1 Å². The summed E-state index contributed by atoms with van der Waals surface area (Å²) in [6.07, 6.45) is -4.48. The van der Waals surface area contributed by atoms with Crippen LogP contribution in [0.2, 0.25) is 0 Å². The molecule has 0 radical (unpaired) electrons. The number of carbonyl (C=O) groups is 2. The lowest BCUT2D eigenvalue weighted by molar-refractivity contribution is -0.137. The van der Waals surface area contributed by atoms with Crippen molar-refractivity contribution >= 4 is 11.8 Å². The quantitative estimate of drug-likeness (QED) is 0.871. The van der Waals surface area contributed by atoms with Gasteiger partial charge in [0.15, 0.2) is 0 Å². The standard InChI is InChI=1S/C19H26F3N3O2/c1-13(16(26)23-18(2,3)4)24-8-10-25(11-9-24)17(27)14-6-5-7-15(12-14)19(20,21)22/h5-7,12-13H,8-11H2,1-4H3,(H,23,26)/t13-/m1/s1. The lowest BCUT2D eigenvalue weighted by Gasteiger charge is -2.38. The van der Waals surface area contributed by atoms with E-state index in [0.717, 1.165) is 12.1 Å². The van der Waals surface area contributed by atoms with Crippen LogP contribution in [0.5, 0.6) is 0 Å². The van der Waals surface area contributed by atoms with Gasteiger partial charge < -0.3 is 10.2 Å². The van der Waals surface area contributed by atoms with E-state index in [9.17, 15) is 22.8 Å². The summed E-state index contributed by atoms with van der Waals surface area (Å²) in [5.41, 5.74) is -1.14. The monoisotopic (exact) mass is 385 g/mol. The Bertz CT molecular complexity index is 690. The van der Waals surface area contributed by atoms with E-state index in [2.05, 4.69) is 5.32 Å². The Morgan fingerprint density at radius 3 is 2.19 bits per heavy atom. The van der Waals surface area contributed by atoms with Crippen LogP contribution in [-0.2, 0) is 11.0 Å². The molecule has 1 saturated heterocycles. The highest BCUT2D eigenvalue weighted by Crippen LogP contribution is 2.29. The molecule has 1 aromatic rings. The van der Waals surface area contributed by atoms with E-state index in [0.29, 0.717) is 26.2 Å². The first-order valence-corrected chi connectivity index (χ1v) is 8.91. The predicted octanol–water partition coefficient (Wildman–Crippen LogP) is 2.77. The van der Waals surface area contributed by atoms with Gasteiger partial charge in [0.25, 0.3) is 5.91 Å². The first-order chi connectivity index (χ1) is 12.4. The minimum absolute atomic E-state index is 0.0248. The molecule has 1 fully saturated rings. The molecule has 2 amide bonds. The number of nitrogens with one attached hydrogen (secondary N) is 1. The minimum Gasteiger partial charge on any atom is -0.350 e. The summed E-state index contributed by atoms with van der Waals surface area (Å²) in [5.74, 6) is -0.507. The molecule has 8 heteroatoms. The van der Waals surface area contributed by atoms with Gasteiger partial charge in [-0.1, -0.05) is 6.07 Å². The fraction of sp³-hybridized carbons (Fsp3) is 0.579. The van der Waals surface area contributed by atoms with Gasteiger partial charge in [-0.15, -0.1) is 0 Å².